The van der Waals surface area contributed by atoms with E-state index in [4.69, 9.17) is 9.47 Å². The Hall–Kier alpha value is -3.55. The smallest absolute Gasteiger partial charge is 0.242 e. The summed E-state index contributed by atoms with van der Waals surface area (Å²) in [5, 5.41) is 5.60. The fourth-order valence-electron chi connectivity index (χ4n) is 3.88. The molecule has 2 atom stereocenters. The van der Waals surface area contributed by atoms with Gasteiger partial charge in [0.05, 0.1) is 5.92 Å². The molecule has 4 rings (SSSR count). The van der Waals surface area contributed by atoms with Crippen LogP contribution in [0.2, 0.25) is 0 Å². The van der Waals surface area contributed by atoms with Gasteiger partial charge >= 0.3 is 0 Å². The fraction of sp³-hybridized carbons (Fsp3) is 0.375. The van der Waals surface area contributed by atoms with Gasteiger partial charge in [0.1, 0.15) is 6.04 Å². The molecule has 2 aliphatic heterocycles. The molecule has 168 valence electrons. The molecule has 32 heavy (non-hydrogen) atoms. The molecule has 3 amide bonds. The molecular formula is C24H27N3O5. The quantitative estimate of drug-likeness (QED) is 0.616. The van der Waals surface area contributed by atoms with E-state index in [1.807, 2.05) is 18.2 Å². The fourth-order valence-corrected chi connectivity index (χ4v) is 3.88. The third-order valence-corrected chi connectivity index (χ3v) is 5.70. The second-order valence-corrected chi connectivity index (χ2v) is 8.05. The highest BCUT2D eigenvalue weighted by Gasteiger charge is 2.36. The minimum atomic E-state index is -0.672. The van der Waals surface area contributed by atoms with Gasteiger partial charge in [-0.1, -0.05) is 30.3 Å². The van der Waals surface area contributed by atoms with E-state index in [1.54, 1.807) is 30.0 Å². The molecule has 1 fully saturated rings. The van der Waals surface area contributed by atoms with Crippen LogP contribution < -0.4 is 25.0 Å². The lowest BCUT2D eigenvalue weighted by atomic mass is 10.1. The van der Waals surface area contributed by atoms with Crippen molar-refractivity contribution in [2.45, 2.75) is 32.2 Å². The molecule has 0 radical (unpaired) electrons. The van der Waals surface area contributed by atoms with Gasteiger partial charge in [0.25, 0.3) is 0 Å². The van der Waals surface area contributed by atoms with Gasteiger partial charge in [0, 0.05) is 31.3 Å². The van der Waals surface area contributed by atoms with Crippen LogP contribution in [0.25, 0.3) is 0 Å². The number of nitrogens with one attached hydrogen (secondary N) is 2. The number of ether oxygens (including phenoxy) is 2. The number of hydrogen-bond acceptors (Lipinski definition) is 5. The Labute approximate surface area is 186 Å². The number of rotatable bonds is 8. The Morgan fingerprint density at radius 2 is 1.91 bits per heavy atom. The van der Waals surface area contributed by atoms with Crippen LogP contribution in [0.4, 0.5) is 5.69 Å². The molecule has 8 nitrogen and oxygen atoms in total. The standard InChI is InChI=1S/C24H27N3O5/c1-16(23(29)25-11-5-8-17-6-3-2-4-7-17)26-24(30)18-12-22(28)27(14-18)19-9-10-20-21(13-19)32-15-31-20/h2-4,6-7,9-10,13,16,18H,5,8,11-12,14-15H2,1H3,(H,25,29)(H,26,30). The van der Waals surface area contributed by atoms with Crippen molar-refractivity contribution in [1.29, 1.82) is 0 Å². The molecule has 0 saturated carbocycles. The number of nitrogens with zero attached hydrogens (tertiary/aromatic N) is 1. The van der Waals surface area contributed by atoms with E-state index in [0.717, 1.165) is 12.8 Å². The average Bonchev–Trinajstić information content (AvgIpc) is 3.43. The number of aryl methyl sites for hydroxylation is 1. The first kappa shape index (κ1) is 21.7. The normalized spacial score (nSPS) is 17.8. The van der Waals surface area contributed by atoms with Gasteiger partial charge in [-0.2, -0.15) is 0 Å². The van der Waals surface area contributed by atoms with Crippen LogP contribution in [0, 0.1) is 5.92 Å². The maximum Gasteiger partial charge on any atom is 0.242 e. The SMILES string of the molecule is CC(NC(=O)C1CC(=O)N(c2ccc3c(c2)OCO3)C1)C(=O)NCCCc1ccccc1. The van der Waals surface area contributed by atoms with E-state index in [-0.39, 0.29) is 37.5 Å². The first-order valence-corrected chi connectivity index (χ1v) is 10.8. The third-order valence-electron chi connectivity index (χ3n) is 5.70. The minimum absolute atomic E-state index is 0.103. The van der Waals surface area contributed by atoms with E-state index in [0.29, 0.717) is 23.7 Å². The molecule has 2 aromatic carbocycles. The lowest BCUT2D eigenvalue weighted by molar-refractivity contribution is -0.130. The second kappa shape index (κ2) is 9.72. The molecule has 0 aromatic heterocycles. The highest BCUT2D eigenvalue weighted by Crippen LogP contribution is 2.37. The number of hydrogen-bond donors (Lipinski definition) is 2. The molecule has 0 spiro atoms. The molecule has 2 aromatic rings. The van der Waals surface area contributed by atoms with Crippen LogP contribution in [-0.2, 0) is 20.8 Å². The van der Waals surface area contributed by atoms with Crippen molar-refractivity contribution < 1.29 is 23.9 Å². The molecule has 0 aliphatic carbocycles. The molecule has 2 unspecified atom stereocenters. The number of carbonyl (C=O) groups is 3. The summed E-state index contributed by atoms with van der Waals surface area (Å²) < 4.78 is 10.7. The number of anilines is 1. The summed E-state index contributed by atoms with van der Waals surface area (Å²) in [6.45, 7) is 2.60. The number of fused-ring (bicyclic) bond motifs is 1. The van der Waals surface area contributed by atoms with Crippen molar-refractivity contribution in [2.75, 3.05) is 24.8 Å². The first-order valence-electron chi connectivity index (χ1n) is 10.8. The lowest BCUT2D eigenvalue weighted by Crippen LogP contribution is -2.47. The van der Waals surface area contributed by atoms with Crippen LogP contribution in [-0.4, -0.2) is 43.6 Å². The molecule has 2 N–H and O–H groups in total. The largest absolute Gasteiger partial charge is 0.454 e. The van der Waals surface area contributed by atoms with Gasteiger partial charge in [-0.25, -0.2) is 0 Å². The molecule has 2 heterocycles. The number of amides is 3. The number of benzene rings is 2. The summed E-state index contributed by atoms with van der Waals surface area (Å²) in [4.78, 5) is 39.1. The predicted octanol–water partition coefficient (Wildman–Crippen LogP) is 2.02. The summed E-state index contributed by atoms with van der Waals surface area (Å²) in [5.74, 6) is 0.0410. The van der Waals surface area contributed by atoms with Crippen molar-refractivity contribution in [3.63, 3.8) is 0 Å². The zero-order chi connectivity index (χ0) is 22.5. The van der Waals surface area contributed by atoms with Crippen molar-refractivity contribution >= 4 is 23.4 Å². The van der Waals surface area contributed by atoms with Crippen LogP contribution in [0.3, 0.4) is 0 Å². The van der Waals surface area contributed by atoms with E-state index in [2.05, 4.69) is 22.8 Å². The van der Waals surface area contributed by atoms with Crippen molar-refractivity contribution in [1.82, 2.24) is 10.6 Å². The van der Waals surface area contributed by atoms with Gasteiger partial charge in [-0.05, 0) is 37.5 Å². The lowest BCUT2D eigenvalue weighted by Gasteiger charge is -2.18. The predicted molar refractivity (Wildman–Crippen MR) is 118 cm³/mol. The summed E-state index contributed by atoms with van der Waals surface area (Å²) in [6, 6.07) is 14.7. The maximum absolute atomic E-state index is 12.7. The van der Waals surface area contributed by atoms with Gasteiger partial charge in [0.15, 0.2) is 11.5 Å². The Bertz CT molecular complexity index is 994. The van der Waals surface area contributed by atoms with E-state index in [1.165, 1.54) is 5.56 Å². The summed E-state index contributed by atoms with van der Waals surface area (Å²) >= 11 is 0. The van der Waals surface area contributed by atoms with Gasteiger partial charge < -0.3 is 25.0 Å². The van der Waals surface area contributed by atoms with Crippen LogP contribution in [0.5, 0.6) is 11.5 Å². The van der Waals surface area contributed by atoms with Crippen molar-refractivity contribution in [3.05, 3.63) is 54.1 Å². The molecule has 0 bridgehead atoms. The molecule has 2 aliphatic rings. The van der Waals surface area contributed by atoms with Crippen LogP contribution in [0.1, 0.15) is 25.3 Å². The van der Waals surface area contributed by atoms with Crippen LogP contribution >= 0.6 is 0 Å². The minimum Gasteiger partial charge on any atom is -0.454 e. The Morgan fingerprint density at radius 1 is 1.12 bits per heavy atom. The highest BCUT2D eigenvalue weighted by molar-refractivity contribution is 6.01. The van der Waals surface area contributed by atoms with Gasteiger partial charge in [0.2, 0.25) is 24.5 Å². The van der Waals surface area contributed by atoms with Crippen LogP contribution in [0.15, 0.2) is 48.5 Å². The molecule has 1 saturated heterocycles. The van der Waals surface area contributed by atoms with Gasteiger partial charge in [-0.3, -0.25) is 14.4 Å². The Balaban J connectivity index is 1.23. The van der Waals surface area contributed by atoms with Gasteiger partial charge in [-0.15, -0.1) is 0 Å². The zero-order valence-corrected chi connectivity index (χ0v) is 18.0. The summed E-state index contributed by atoms with van der Waals surface area (Å²) in [6.07, 6.45) is 1.80. The zero-order valence-electron chi connectivity index (χ0n) is 18.0. The maximum atomic E-state index is 12.7. The topological polar surface area (TPSA) is 97.0 Å². The monoisotopic (exact) mass is 437 g/mol. The first-order chi connectivity index (χ1) is 15.5. The van der Waals surface area contributed by atoms with Crippen molar-refractivity contribution in [3.8, 4) is 11.5 Å². The number of carbonyl (C=O) groups excluding carboxylic acids is 3. The average molecular weight is 437 g/mol. The summed E-state index contributed by atoms with van der Waals surface area (Å²) in [7, 11) is 0. The Morgan fingerprint density at radius 3 is 2.72 bits per heavy atom. The highest BCUT2D eigenvalue weighted by atomic mass is 16.7. The second-order valence-electron chi connectivity index (χ2n) is 8.05. The third kappa shape index (κ3) is 5.01. The van der Waals surface area contributed by atoms with E-state index < -0.39 is 12.0 Å². The van der Waals surface area contributed by atoms with E-state index >= 15 is 0 Å². The van der Waals surface area contributed by atoms with Crippen molar-refractivity contribution in [2.24, 2.45) is 5.92 Å². The molecular weight excluding hydrogens is 410 g/mol. The van der Waals surface area contributed by atoms with E-state index in [9.17, 15) is 14.4 Å². The Kier molecular flexibility index (Phi) is 6.58. The molecule has 8 heteroatoms. The summed E-state index contributed by atoms with van der Waals surface area (Å²) in [5.41, 5.74) is 1.89.